The van der Waals surface area contributed by atoms with E-state index >= 15 is 0 Å². The molecule has 0 aliphatic carbocycles. The lowest BCUT2D eigenvalue weighted by Gasteiger charge is -2.23. The number of carboxylic acid groups (broad SMARTS) is 1. The number of aliphatic carboxylic acids is 1. The van der Waals surface area contributed by atoms with Crippen LogP contribution in [-0.4, -0.2) is 55.7 Å². The standard InChI is InChI=1S/C15H19N5O3/c1-10(2)13(15(23)19(3)9-12(21)22)20-17-14(16-18-20)11-7-5-4-6-8-11/h4-8,10,13H,9H2,1-3H3,(H,21,22). The van der Waals surface area contributed by atoms with E-state index < -0.39 is 12.0 Å². The van der Waals surface area contributed by atoms with Crippen molar-refractivity contribution in [2.24, 2.45) is 5.92 Å². The predicted molar refractivity (Wildman–Crippen MR) is 82.4 cm³/mol. The van der Waals surface area contributed by atoms with E-state index in [0.717, 1.165) is 10.5 Å². The van der Waals surface area contributed by atoms with Crippen LogP contribution in [0.2, 0.25) is 0 Å². The molecule has 0 bridgehead atoms. The fraction of sp³-hybridized carbons (Fsp3) is 0.400. The van der Waals surface area contributed by atoms with E-state index in [9.17, 15) is 9.59 Å². The number of likely N-dealkylation sites (N-methyl/N-ethyl adjacent to an activating group) is 1. The average Bonchev–Trinajstić information content (AvgIpc) is 2.96. The molecule has 1 unspecified atom stereocenters. The minimum absolute atomic E-state index is 0.114. The predicted octanol–water partition coefficient (Wildman–Crippen LogP) is 1.08. The fourth-order valence-electron chi connectivity index (χ4n) is 2.20. The summed E-state index contributed by atoms with van der Waals surface area (Å²) in [5.74, 6) is -1.12. The third-order valence-corrected chi connectivity index (χ3v) is 3.34. The van der Waals surface area contributed by atoms with Gasteiger partial charge in [-0.2, -0.15) is 4.80 Å². The Morgan fingerprint density at radius 3 is 2.48 bits per heavy atom. The Bertz CT molecular complexity index is 683. The molecular formula is C15H19N5O3. The lowest BCUT2D eigenvalue weighted by molar-refractivity contribution is -0.145. The summed E-state index contributed by atoms with van der Waals surface area (Å²) in [6.45, 7) is 3.33. The number of amides is 1. The number of nitrogens with zero attached hydrogens (tertiary/aromatic N) is 5. The molecule has 8 heteroatoms. The summed E-state index contributed by atoms with van der Waals surface area (Å²) >= 11 is 0. The van der Waals surface area contributed by atoms with Crippen molar-refractivity contribution >= 4 is 11.9 Å². The minimum atomic E-state index is -1.07. The molecule has 1 atom stereocenters. The van der Waals surface area contributed by atoms with Crippen molar-refractivity contribution in [3.05, 3.63) is 30.3 Å². The topological polar surface area (TPSA) is 101 Å². The molecule has 0 saturated heterocycles. The molecule has 1 aromatic heterocycles. The smallest absolute Gasteiger partial charge is 0.323 e. The Morgan fingerprint density at radius 2 is 1.91 bits per heavy atom. The monoisotopic (exact) mass is 317 g/mol. The molecule has 0 saturated carbocycles. The van der Waals surface area contributed by atoms with Gasteiger partial charge in [-0.1, -0.05) is 44.2 Å². The van der Waals surface area contributed by atoms with Crippen LogP contribution in [0.15, 0.2) is 30.3 Å². The normalized spacial score (nSPS) is 12.2. The maximum Gasteiger partial charge on any atom is 0.323 e. The second-order valence-electron chi connectivity index (χ2n) is 5.58. The molecule has 0 aliphatic heterocycles. The Kier molecular flexibility index (Phi) is 5.05. The summed E-state index contributed by atoms with van der Waals surface area (Å²) in [5, 5.41) is 21.1. The van der Waals surface area contributed by atoms with Gasteiger partial charge in [-0.25, -0.2) is 0 Å². The second kappa shape index (κ2) is 6.99. The first-order valence-corrected chi connectivity index (χ1v) is 7.22. The van der Waals surface area contributed by atoms with Crippen LogP contribution in [0.4, 0.5) is 0 Å². The van der Waals surface area contributed by atoms with Crippen LogP contribution >= 0.6 is 0 Å². The largest absolute Gasteiger partial charge is 0.480 e. The van der Waals surface area contributed by atoms with E-state index in [-0.39, 0.29) is 18.4 Å². The first-order chi connectivity index (χ1) is 10.9. The molecule has 1 aromatic carbocycles. The highest BCUT2D eigenvalue weighted by Gasteiger charge is 2.30. The van der Waals surface area contributed by atoms with E-state index in [2.05, 4.69) is 15.4 Å². The Labute approximate surface area is 133 Å². The highest BCUT2D eigenvalue weighted by Crippen LogP contribution is 2.20. The number of hydrogen-bond acceptors (Lipinski definition) is 5. The number of carboxylic acids is 1. The van der Waals surface area contributed by atoms with Gasteiger partial charge in [-0.3, -0.25) is 9.59 Å². The zero-order valence-electron chi connectivity index (χ0n) is 13.2. The number of carbonyl (C=O) groups excluding carboxylic acids is 1. The van der Waals surface area contributed by atoms with E-state index in [0.29, 0.717) is 5.82 Å². The van der Waals surface area contributed by atoms with Gasteiger partial charge in [-0.05, 0) is 11.1 Å². The molecule has 2 aromatic rings. The van der Waals surface area contributed by atoms with Crippen molar-refractivity contribution in [3.8, 4) is 11.4 Å². The third kappa shape index (κ3) is 3.91. The van der Waals surface area contributed by atoms with Crippen molar-refractivity contribution in [3.63, 3.8) is 0 Å². The van der Waals surface area contributed by atoms with Gasteiger partial charge in [0.25, 0.3) is 0 Å². The molecule has 1 N–H and O–H groups in total. The maximum atomic E-state index is 12.5. The molecular weight excluding hydrogens is 298 g/mol. The van der Waals surface area contributed by atoms with Crippen molar-refractivity contribution in [2.75, 3.05) is 13.6 Å². The Balaban J connectivity index is 2.27. The van der Waals surface area contributed by atoms with Gasteiger partial charge < -0.3 is 10.0 Å². The van der Waals surface area contributed by atoms with Crippen LogP contribution < -0.4 is 0 Å². The van der Waals surface area contributed by atoms with Gasteiger partial charge >= 0.3 is 5.97 Å². The zero-order chi connectivity index (χ0) is 17.0. The SMILES string of the molecule is CC(C)C(C(=O)N(C)CC(=O)O)n1nnc(-c2ccccc2)n1. The first kappa shape index (κ1) is 16.6. The van der Waals surface area contributed by atoms with E-state index in [1.165, 1.54) is 11.8 Å². The van der Waals surface area contributed by atoms with Gasteiger partial charge in [-0.15, -0.1) is 10.2 Å². The summed E-state index contributed by atoms with van der Waals surface area (Å²) in [7, 11) is 1.45. The second-order valence-corrected chi connectivity index (χ2v) is 5.58. The van der Waals surface area contributed by atoms with E-state index in [4.69, 9.17) is 5.11 Å². The summed E-state index contributed by atoms with van der Waals surface area (Å²) < 4.78 is 0. The van der Waals surface area contributed by atoms with Crippen LogP contribution in [-0.2, 0) is 9.59 Å². The van der Waals surface area contributed by atoms with Crippen LogP contribution in [0.3, 0.4) is 0 Å². The molecule has 0 radical (unpaired) electrons. The van der Waals surface area contributed by atoms with E-state index in [1.54, 1.807) is 0 Å². The molecule has 8 nitrogen and oxygen atoms in total. The number of carbonyl (C=O) groups is 2. The number of benzene rings is 1. The number of aromatic nitrogens is 4. The molecule has 23 heavy (non-hydrogen) atoms. The van der Waals surface area contributed by atoms with Crippen molar-refractivity contribution in [2.45, 2.75) is 19.9 Å². The van der Waals surface area contributed by atoms with Crippen LogP contribution in [0, 0.1) is 5.92 Å². The lowest BCUT2D eigenvalue weighted by atomic mass is 10.0. The Morgan fingerprint density at radius 1 is 1.26 bits per heavy atom. The summed E-state index contributed by atoms with van der Waals surface area (Å²) in [4.78, 5) is 25.7. The van der Waals surface area contributed by atoms with Gasteiger partial charge in [0, 0.05) is 12.6 Å². The minimum Gasteiger partial charge on any atom is -0.480 e. The highest BCUT2D eigenvalue weighted by molar-refractivity contribution is 5.84. The molecule has 1 amide bonds. The van der Waals surface area contributed by atoms with Crippen LogP contribution in [0.5, 0.6) is 0 Å². The van der Waals surface area contributed by atoms with Crippen molar-refractivity contribution in [1.82, 2.24) is 25.1 Å². The molecule has 2 rings (SSSR count). The highest BCUT2D eigenvalue weighted by atomic mass is 16.4. The van der Waals surface area contributed by atoms with Gasteiger partial charge in [0.15, 0.2) is 6.04 Å². The number of hydrogen-bond donors (Lipinski definition) is 1. The molecule has 0 spiro atoms. The summed E-state index contributed by atoms with van der Waals surface area (Å²) in [5.41, 5.74) is 0.799. The number of rotatable bonds is 6. The van der Waals surface area contributed by atoms with Gasteiger partial charge in [0.2, 0.25) is 11.7 Å². The molecule has 0 fully saturated rings. The molecule has 1 heterocycles. The lowest BCUT2D eigenvalue weighted by Crippen LogP contribution is -2.40. The quantitative estimate of drug-likeness (QED) is 0.855. The first-order valence-electron chi connectivity index (χ1n) is 7.22. The van der Waals surface area contributed by atoms with Gasteiger partial charge in [0.1, 0.15) is 6.54 Å². The zero-order valence-corrected chi connectivity index (χ0v) is 13.2. The van der Waals surface area contributed by atoms with Gasteiger partial charge in [0.05, 0.1) is 0 Å². The van der Waals surface area contributed by atoms with Crippen LogP contribution in [0.25, 0.3) is 11.4 Å². The third-order valence-electron chi connectivity index (χ3n) is 3.34. The summed E-state index contributed by atoms with van der Waals surface area (Å²) in [6.07, 6.45) is 0. The fourth-order valence-corrected chi connectivity index (χ4v) is 2.20. The number of tetrazole rings is 1. The van der Waals surface area contributed by atoms with Crippen LogP contribution in [0.1, 0.15) is 19.9 Å². The van der Waals surface area contributed by atoms with E-state index in [1.807, 2.05) is 44.2 Å². The molecule has 122 valence electrons. The van der Waals surface area contributed by atoms with Crippen molar-refractivity contribution in [1.29, 1.82) is 0 Å². The van der Waals surface area contributed by atoms with Crippen molar-refractivity contribution < 1.29 is 14.7 Å². The maximum absolute atomic E-state index is 12.5. The molecule has 0 aliphatic rings. The Hall–Kier alpha value is -2.77. The average molecular weight is 317 g/mol. The summed E-state index contributed by atoms with van der Waals surface area (Å²) in [6, 6.07) is 8.61.